The molecule has 0 aliphatic carbocycles. The van der Waals surface area contributed by atoms with Crippen LogP contribution in [-0.4, -0.2) is 14.5 Å². The summed E-state index contributed by atoms with van der Waals surface area (Å²) in [5, 5.41) is 1.55. The zero-order valence-electron chi connectivity index (χ0n) is 17.3. The Balaban J connectivity index is 1.90. The normalized spacial score (nSPS) is 12.3. The summed E-state index contributed by atoms with van der Waals surface area (Å²) in [5.41, 5.74) is 11.2. The molecule has 0 radical (unpaired) electrons. The summed E-state index contributed by atoms with van der Waals surface area (Å²) in [6.07, 6.45) is 5.72. The molecule has 4 nitrogen and oxygen atoms in total. The third-order valence-electron chi connectivity index (χ3n) is 5.15. The molecule has 4 rings (SSSR count). The number of anilines is 1. The number of imidazole rings is 1. The fourth-order valence-corrected chi connectivity index (χ4v) is 3.58. The van der Waals surface area contributed by atoms with E-state index in [9.17, 15) is 0 Å². The molecule has 0 atom stereocenters. The van der Waals surface area contributed by atoms with Crippen LogP contribution in [0.1, 0.15) is 18.1 Å². The predicted molar refractivity (Wildman–Crippen MR) is 130 cm³/mol. The molecule has 0 amide bonds. The van der Waals surface area contributed by atoms with Crippen molar-refractivity contribution in [2.45, 2.75) is 12.8 Å². The molecule has 0 saturated carbocycles. The monoisotopic (exact) mass is 426 g/mol. The number of halogens is 1. The number of aromatic nitrogens is 3. The summed E-state index contributed by atoms with van der Waals surface area (Å²) in [6.45, 7) is 6.40. The van der Waals surface area contributed by atoms with Gasteiger partial charge in [-0.2, -0.15) is 0 Å². The van der Waals surface area contributed by atoms with E-state index in [0.29, 0.717) is 17.5 Å². The Morgan fingerprint density at radius 2 is 1.81 bits per heavy atom. The maximum atomic E-state index is 6.18. The summed E-state index contributed by atoms with van der Waals surface area (Å²) in [7, 11) is 0. The molecule has 154 valence electrons. The molecule has 0 bridgehead atoms. The molecule has 2 aromatic carbocycles. The second-order valence-corrected chi connectivity index (χ2v) is 7.49. The van der Waals surface area contributed by atoms with Gasteiger partial charge in [-0.15, -0.1) is 11.6 Å². The zero-order chi connectivity index (χ0) is 21.8. The lowest BCUT2D eigenvalue weighted by Gasteiger charge is -2.10. The van der Waals surface area contributed by atoms with Crippen molar-refractivity contribution in [3.63, 3.8) is 0 Å². The van der Waals surface area contributed by atoms with Crippen LogP contribution in [0.15, 0.2) is 79.0 Å². The lowest BCUT2D eigenvalue weighted by atomic mass is 10.1. The van der Waals surface area contributed by atoms with Gasteiger partial charge in [0, 0.05) is 17.8 Å². The molecule has 0 unspecified atom stereocenters. The molecule has 2 aromatic heterocycles. The van der Waals surface area contributed by atoms with Crippen LogP contribution in [-0.2, 0) is 5.88 Å². The van der Waals surface area contributed by atoms with Gasteiger partial charge >= 0.3 is 0 Å². The van der Waals surface area contributed by atoms with Crippen LogP contribution < -0.4 is 16.4 Å². The summed E-state index contributed by atoms with van der Waals surface area (Å²) in [5.74, 6) is 1.59. The van der Waals surface area contributed by atoms with Crippen LogP contribution in [0.3, 0.4) is 0 Å². The first-order valence-electron chi connectivity index (χ1n) is 9.96. The first-order valence-corrected chi connectivity index (χ1v) is 10.5. The summed E-state index contributed by atoms with van der Waals surface area (Å²) in [4.78, 5) is 9.11. The van der Waals surface area contributed by atoms with E-state index >= 15 is 0 Å². The van der Waals surface area contributed by atoms with Gasteiger partial charge in [0.15, 0.2) is 0 Å². The topological polar surface area (TPSA) is 56.7 Å². The Bertz CT molecular complexity index is 1340. The Kier molecular flexibility index (Phi) is 6.01. The Morgan fingerprint density at radius 1 is 1.06 bits per heavy atom. The Labute approximate surface area is 186 Å². The highest BCUT2D eigenvalue weighted by atomic mass is 35.5. The Morgan fingerprint density at radius 3 is 2.48 bits per heavy atom. The first-order chi connectivity index (χ1) is 15.1. The molecule has 0 spiro atoms. The highest BCUT2D eigenvalue weighted by Gasteiger charge is 2.14. The van der Waals surface area contributed by atoms with Gasteiger partial charge in [-0.25, -0.2) is 9.97 Å². The van der Waals surface area contributed by atoms with Gasteiger partial charge in [0.25, 0.3) is 0 Å². The molecule has 31 heavy (non-hydrogen) atoms. The van der Waals surface area contributed by atoms with E-state index in [1.807, 2.05) is 65.2 Å². The largest absolute Gasteiger partial charge is 0.383 e. The molecular weight excluding hydrogens is 404 g/mol. The number of hydrogen-bond donors (Lipinski definition) is 1. The lowest BCUT2D eigenvalue weighted by Crippen LogP contribution is -2.27. The quantitative estimate of drug-likeness (QED) is 0.476. The van der Waals surface area contributed by atoms with Crippen molar-refractivity contribution in [2.24, 2.45) is 0 Å². The third-order valence-corrected chi connectivity index (χ3v) is 5.46. The molecule has 0 fully saturated rings. The van der Waals surface area contributed by atoms with Gasteiger partial charge in [0.1, 0.15) is 11.6 Å². The number of pyridine rings is 1. The van der Waals surface area contributed by atoms with E-state index in [1.165, 1.54) is 0 Å². The van der Waals surface area contributed by atoms with E-state index < -0.39 is 0 Å². The van der Waals surface area contributed by atoms with Crippen LogP contribution in [0.25, 0.3) is 35.3 Å². The number of nitrogens with two attached hydrogens (primary N) is 1. The van der Waals surface area contributed by atoms with E-state index in [-0.39, 0.29) is 0 Å². The molecule has 2 heterocycles. The van der Waals surface area contributed by atoms with Crippen molar-refractivity contribution < 1.29 is 0 Å². The van der Waals surface area contributed by atoms with E-state index in [2.05, 4.69) is 36.7 Å². The van der Waals surface area contributed by atoms with Crippen molar-refractivity contribution in [3.05, 3.63) is 101 Å². The standard InChI is InChI=1S/C26H23ClN4/c1-18(21-7-4-3-5-8-21)10-15-24-19(2)31(22-13-11-20(17-27)12-14-22)26(30-24)23-9-6-16-29-25(23)28/h3-16H,2,17H2,1H3,(H2,28,29)/b18-10+,24-15+. The average Bonchev–Trinajstić information content (AvgIpc) is 3.14. The lowest BCUT2D eigenvalue weighted by molar-refractivity contribution is 1.03. The number of hydrogen-bond acceptors (Lipinski definition) is 3. The molecule has 5 heteroatoms. The van der Waals surface area contributed by atoms with Crippen LogP contribution in [0.5, 0.6) is 0 Å². The van der Waals surface area contributed by atoms with Crippen molar-refractivity contribution in [3.8, 4) is 17.1 Å². The minimum atomic E-state index is 0.425. The van der Waals surface area contributed by atoms with Crippen molar-refractivity contribution in [1.29, 1.82) is 0 Å². The molecule has 0 aliphatic heterocycles. The molecule has 0 aliphatic rings. The highest BCUT2D eigenvalue weighted by molar-refractivity contribution is 6.17. The van der Waals surface area contributed by atoms with Gasteiger partial charge in [0.2, 0.25) is 0 Å². The van der Waals surface area contributed by atoms with Crippen molar-refractivity contribution in [1.82, 2.24) is 14.5 Å². The minimum absolute atomic E-state index is 0.425. The second kappa shape index (κ2) is 9.02. The van der Waals surface area contributed by atoms with E-state index in [1.54, 1.807) is 6.20 Å². The maximum Gasteiger partial charge on any atom is 0.149 e. The molecule has 4 aromatic rings. The maximum absolute atomic E-state index is 6.18. The first kappa shape index (κ1) is 20.6. The molecule has 0 saturated heterocycles. The van der Waals surface area contributed by atoms with E-state index in [0.717, 1.165) is 38.6 Å². The predicted octanol–water partition coefficient (Wildman–Crippen LogP) is 4.55. The van der Waals surface area contributed by atoms with Crippen LogP contribution >= 0.6 is 11.6 Å². The summed E-state index contributed by atoms with van der Waals surface area (Å²) < 4.78 is 2.00. The fourth-order valence-electron chi connectivity index (χ4n) is 3.41. The number of nitrogen functional groups attached to an aromatic ring is 1. The van der Waals surface area contributed by atoms with Gasteiger partial charge < -0.3 is 5.73 Å². The summed E-state index contributed by atoms with van der Waals surface area (Å²) >= 11 is 5.96. The van der Waals surface area contributed by atoms with E-state index in [4.69, 9.17) is 22.3 Å². The Hall–Kier alpha value is -3.63. The van der Waals surface area contributed by atoms with Gasteiger partial charge in [0.05, 0.1) is 16.3 Å². The van der Waals surface area contributed by atoms with Crippen molar-refractivity contribution >= 4 is 35.6 Å². The number of benzene rings is 2. The second-order valence-electron chi connectivity index (χ2n) is 7.22. The number of rotatable bonds is 5. The SMILES string of the molecule is C=c1/c(=C\C=C(/C)c2ccccc2)nc(-c2cccnc2N)n1-c1ccc(CCl)cc1. The fraction of sp³-hybridized carbons (Fsp3) is 0.0769. The zero-order valence-corrected chi connectivity index (χ0v) is 18.1. The van der Waals surface area contributed by atoms with Gasteiger partial charge in [-0.3, -0.25) is 4.57 Å². The summed E-state index contributed by atoms with van der Waals surface area (Å²) in [6, 6.07) is 22.0. The smallest absolute Gasteiger partial charge is 0.149 e. The van der Waals surface area contributed by atoms with Crippen LogP contribution in [0.2, 0.25) is 0 Å². The minimum Gasteiger partial charge on any atom is -0.383 e. The number of alkyl halides is 1. The molecule has 2 N–H and O–H groups in total. The van der Waals surface area contributed by atoms with Crippen LogP contribution in [0.4, 0.5) is 5.82 Å². The highest BCUT2D eigenvalue weighted by Crippen LogP contribution is 2.23. The van der Waals surface area contributed by atoms with Crippen molar-refractivity contribution in [2.75, 3.05) is 5.73 Å². The number of allylic oxidation sites excluding steroid dienone is 2. The third kappa shape index (κ3) is 4.30. The van der Waals surface area contributed by atoms with Gasteiger partial charge in [-0.05, 0) is 54.0 Å². The average molecular weight is 427 g/mol. The van der Waals surface area contributed by atoms with Gasteiger partial charge in [-0.1, -0.05) is 55.1 Å². The molecular formula is C26H23ClN4. The van der Waals surface area contributed by atoms with Crippen LogP contribution in [0, 0.1) is 0 Å². The number of nitrogens with zero attached hydrogens (tertiary/aromatic N) is 3.